The molecule has 0 amide bonds. The average molecular weight is 789 g/mol. The highest BCUT2D eigenvalue weighted by Crippen LogP contribution is 2.47. The number of benzene rings is 12. The smallest absolute Gasteiger partial charge is 0.0546 e. The molecule has 2 heteroatoms. The van der Waals surface area contributed by atoms with Gasteiger partial charge in [0, 0.05) is 32.9 Å². The van der Waals surface area contributed by atoms with Gasteiger partial charge in [0.2, 0.25) is 0 Å². The number of hydrogen-bond donors (Lipinski definition) is 0. The van der Waals surface area contributed by atoms with Gasteiger partial charge in [0.15, 0.2) is 0 Å². The van der Waals surface area contributed by atoms with Crippen LogP contribution in [0.1, 0.15) is 0 Å². The zero-order valence-electron chi connectivity index (χ0n) is 34.0. The van der Waals surface area contributed by atoms with E-state index in [1.165, 1.54) is 64.6 Å². The molecule has 0 aliphatic rings. The van der Waals surface area contributed by atoms with Gasteiger partial charge in [0.25, 0.3) is 0 Å². The van der Waals surface area contributed by atoms with Crippen molar-refractivity contribution in [3.63, 3.8) is 0 Å². The van der Waals surface area contributed by atoms with E-state index in [-0.39, 0.29) is 0 Å². The van der Waals surface area contributed by atoms with E-state index in [4.69, 9.17) is 0 Å². The number of rotatable bonds is 7. The summed E-state index contributed by atoms with van der Waals surface area (Å²) in [5, 5.41) is 14.7. The van der Waals surface area contributed by atoms with Crippen molar-refractivity contribution >= 4 is 98.8 Å². The van der Waals surface area contributed by atoms with Crippen LogP contribution < -0.4 is 9.80 Å². The van der Waals surface area contributed by atoms with Crippen molar-refractivity contribution in [1.82, 2.24) is 0 Å². The van der Waals surface area contributed by atoms with Gasteiger partial charge in [-0.15, -0.1) is 0 Å². The molecule has 0 saturated heterocycles. The highest BCUT2D eigenvalue weighted by Gasteiger charge is 2.21. The van der Waals surface area contributed by atoms with Gasteiger partial charge in [-0.3, -0.25) is 0 Å². The van der Waals surface area contributed by atoms with Crippen LogP contribution in [-0.2, 0) is 0 Å². The van der Waals surface area contributed by atoms with Crippen LogP contribution in [0.5, 0.6) is 0 Å². The predicted octanol–water partition coefficient (Wildman–Crippen LogP) is 17.2. The van der Waals surface area contributed by atoms with E-state index in [1.54, 1.807) is 0 Å². The molecule has 12 rings (SSSR count). The van der Waals surface area contributed by atoms with Gasteiger partial charge in [0.05, 0.1) is 22.7 Å². The van der Waals surface area contributed by atoms with E-state index in [0.29, 0.717) is 0 Å². The SMILES string of the molecule is c1ccc2c(N(c3ccc(-c4ccc(N(c5cccc6ccccc56)c5cc6ccccc6c6ccccc56)cc4)cc3)c3cc4ccccc4c4ccccc34)cccc2c1. The zero-order chi connectivity index (χ0) is 41.0. The molecule has 0 aliphatic heterocycles. The quantitative estimate of drug-likeness (QED) is 0.148. The lowest BCUT2D eigenvalue weighted by molar-refractivity contribution is 1.31. The Morgan fingerprint density at radius 2 is 0.500 bits per heavy atom. The largest absolute Gasteiger partial charge is 0.309 e. The average Bonchev–Trinajstić information content (AvgIpc) is 3.35. The fraction of sp³-hybridized carbons (Fsp3) is 0. The van der Waals surface area contributed by atoms with Crippen molar-refractivity contribution < 1.29 is 0 Å². The summed E-state index contributed by atoms with van der Waals surface area (Å²) in [4.78, 5) is 4.89. The third-order valence-electron chi connectivity index (χ3n) is 12.6. The van der Waals surface area contributed by atoms with Crippen molar-refractivity contribution in [2.45, 2.75) is 0 Å². The third-order valence-corrected chi connectivity index (χ3v) is 12.6. The molecule has 0 fully saturated rings. The van der Waals surface area contributed by atoms with Gasteiger partial charge in [-0.25, -0.2) is 0 Å². The highest BCUT2D eigenvalue weighted by molar-refractivity contribution is 6.17. The molecule has 0 bridgehead atoms. The molecule has 0 heterocycles. The molecule has 0 radical (unpaired) electrons. The Bertz CT molecular complexity index is 3390. The number of hydrogen-bond acceptors (Lipinski definition) is 2. The Hall–Kier alpha value is -8.20. The van der Waals surface area contributed by atoms with E-state index in [9.17, 15) is 0 Å². The second-order valence-electron chi connectivity index (χ2n) is 16.1. The molecule has 0 unspecified atom stereocenters. The van der Waals surface area contributed by atoms with Crippen LogP contribution in [0.25, 0.3) is 75.8 Å². The number of nitrogens with zero attached hydrogens (tertiary/aromatic N) is 2. The fourth-order valence-electron chi connectivity index (χ4n) is 9.67. The molecular weight excluding hydrogens is 749 g/mol. The van der Waals surface area contributed by atoms with E-state index < -0.39 is 0 Å². The van der Waals surface area contributed by atoms with Gasteiger partial charge in [-0.1, -0.05) is 194 Å². The first-order valence-electron chi connectivity index (χ1n) is 21.3. The summed E-state index contributed by atoms with van der Waals surface area (Å²) in [6.45, 7) is 0. The van der Waals surface area contributed by atoms with E-state index in [2.05, 4.69) is 252 Å². The van der Waals surface area contributed by atoms with Crippen LogP contribution in [0.4, 0.5) is 34.1 Å². The number of anilines is 6. The summed E-state index contributed by atoms with van der Waals surface area (Å²) in [6, 6.07) is 88.6. The van der Waals surface area contributed by atoms with Crippen LogP contribution in [-0.4, -0.2) is 0 Å². The number of fused-ring (bicyclic) bond motifs is 8. The lowest BCUT2D eigenvalue weighted by atomic mass is 9.97. The summed E-state index contributed by atoms with van der Waals surface area (Å²) < 4.78 is 0. The Morgan fingerprint density at radius 3 is 0.903 bits per heavy atom. The first kappa shape index (κ1) is 35.7. The molecule has 62 heavy (non-hydrogen) atoms. The minimum absolute atomic E-state index is 1.10. The Kier molecular flexibility index (Phi) is 8.53. The molecule has 0 aromatic heterocycles. The maximum atomic E-state index is 2.44. The topological polar surface area (TPSA) is 6.48 Å². The standard InChI is InChI=1S/C60H40N2/c1-7-23-51-43(15-1)19-13-29-57(51)61(59-39-45-17-3-5-21-49(45)53-25-9-11-27-55(53)59)47-35-31-41(32-36-47)42-33-37-48(38-34-42)62(58-30-14-20-44-16-2-8-24-52(44)58)60-40-46-18-4-6-22-50(46)54-26-10-12-28-56(54)60/h1-40H. The van der Waals surface area contributed by atoms with Crippen molar-refractivity contribution in [2.75, 3.05) is 9.80 Å². The van der Waals surface area contributed by atoms with Gasteiger partial charge in [0.1, 0.15) is 0 Å². The van der Waals surface area contributed by atoms with Crippen LogP contribution in [0.3, 0.4) is 0 Å². The van der Waals surface area contributed by atoms with E-state index in [0.717, 1.165) is 45.3 Å². The normalized spacial score (nSPS) is 11.5. The summed E-state index contributed by atoms with van der Waals surface area (Å²) in [7, 11) is 0. The molecule has 0 aliphatic carbocycles. The van der Waals surface area contributed by atoms with Crippen LogP contribution in [0, 0.1) is 0 Å². The molecule has 290 valence electrons. The van der Waals surface area contributed by atoms with Crippen molar-refractivity contribution in [2.24, 2.45) is 0 Å². The van der Waals surface area contributed by atoms with Crippen molar-refractivity contribution in [3.8, 4) is 11.1 Å². The monoisotopic (exact) mass is 788 g/mol. The molecule has 0 spiro atoms. The molecule has 12 aromatic rings. The second kappa shape index (κ2) is 14.8. The Morgan fingerprint density at radius 1 is 0.194 bits per heavy atom. The predicted molar refractivity (Wildman–Crippen MR) is 266 cm³/mol. The van der Waals surface area contributed by atoms with Gasteiger partial charge < -0.3 is 9.80 Å². The van der Waals surface area contributed by atoms with Crippen LogP contribution in [0.2, 0.25) is 0 Å². The van der Waals surface area contributed by atoms with Crippen molar-refractivity contribution in [1.29, 1.82) is 0 Å². The summed E-state index contributed by atoms with van der Waals surface area (Å²) in [5.74, 6) is 0. The van der Waals surface area contributed by atoms with Crippen LogP contribution >= 0.6 is 0 Å². The van der Waals surface area contributed by atoms with Gasteiger partial charge in [-0.2, -0.15) is 0 Å². The minimum Gasteiger partial charge on any atom is -0.309 e. The zero-order valence-corrected chi connectivity index (χ0v) is 34.0. The summed E-state index contributed by atoms with van der Waals surface area (Å²) in [6.07, 6.45) is 0. The lowest BCUT2D eigenvalue weighted by Crippen LogP contribution is -2.11. The van der Waals surface area contributed by atoms with Gasteiger partial charge in [-0.05, 0) is 103 Å². The first-order chi connectivity index (χ1) is 30.8. The summed E-state index contributed by atoms with van der Waals surface area (Å²) in [5.41, 5.74) is 9.14. The Balaban J connectivity index is 0.989. The molecule has 0 saturated carbocycles. The summed E-state index contributed by atoms with van der Waals surface area (Å²) >= 11 is 0. The third kappa shape index (κ3) is 5.96. The minimum atomic E-state index is 1.10. The molecule has 12 aromatic carbocycles. The lowest BCUT2D eigenvalue weighted by Gasteiger charge is -2.29. The molecular formula is C60H40N2. The fourth-order valence-corrected chi connectivity index (χ4v) is 9.67. The molecule has 2 nitrogen and oxygen atoms in total. The first-order valence-corrected chi connectivity index (χ1v) is 21.3. The van der Waals surface area contributed by atoms with E-state index >= 15 is 0 Å². The van der Waals surface area contributed by atoms with E-state index in [1.807, 2.05) is 0 Å². The van der Waals surface area contributed by atoms with Crippen LogP contribution in [0.15, 0.2) is 243 Å². The Labute approximate surface area is 360 Å². The maximum absolute atomic E-state index is 2.44. The maximum Gasteiger partial charge on any atom is 0.0546 e. The van der Waals surface area contributed by atoms with Gasteiger partial charge >= 0.3 is 0 Å². The second-order valence-corrected chi connectivity index (χ2v) is 16.1. The van der Waals surface area contributed by atoms with Crippen molar-refractivity contribution in [3.05, 3.63) is 243 Å². The molecule has 0 atom stereocenters. The highest BCUT2D eigenvalue weighted by atomic mass is 15.2. The molecule has 0 N–H and O–H groups in total.